The molecule has 0 aliphatic heterocycles. The zero-order valence-electron chi connectivity index (χ0n) is 14.5. The molecule has 0 fully saturated rings. The summed E-state index contributed by atoms with van der Waals surface area (Å²) in [6.45, 7) is -2.27. The van der Waals surface area contributed by atoms with Gasteiger partial charge in [-0.2, -0.15) is 79.0 Å². The fraction of sp³-hybridized carbons (Fsp3) is 1.00. The number of alkyl halides is 20. The van der Waals surface area contributed by atoms with E-state index < -0.39 is 72.8 Å². The first-order valence-electron chi connectivity index (χ1n) is 7.30. The van der Waals surface area contributed by atoms with Crippen LogP contribution in [0.1, 0.15) is 6.42 Å². The minimum Gasteiger partial charge on any atom is -0.396 e. The smallest absolute Gasteiger partial charge is 0.385 e. The monoisotopic (exact) mass is 546 g/mol. The van der Waals surface area contributed by atoms with E-state index in [4.69, 9.17) is 5.11 Å². The molecule has 200 valence electrons. The summed E-state index contributed by atoms with van der Waals surface area (Å²) in [6.07, 6.45) is -9.05. The third kappa shape index (κ3) is 3.84. The van der Waals surface area contributed by atoms with E-state index in [1.807, 2.05) is 0 Å². The van der Waals surface area contributed by atoms with Crippen molar-refractivity contribution in [2.45, 2.75) is 66.1 Å². The molecule has 0 unspecified atom stereocenters. The van der Waals surface area contributed by atoms with Gasteiger partial charge < -0.3 is 5.11 Å². The normalized spacial score (nSPS) is 16.5. The van der Waals surface area contributed by atoms with Gasteiger partial charge in [-0.3, -0.25) is 0 Å². The van der Waals surface area contributed by atoms with Gasteiger partial charge in [0.25, 0.3) is 0 Å². The van der Waals surface area contributed by atoms with Crippen molar-refractivity contribution in [3.8, 4) is 0 Å². The minimum atomic E-state index is -9.01. The molecule has 0 atom stereocenters. The Labute approximate surface area is 167 Å². The molecule has 0 saturated carbocycles. The van der Waals surface area contributed by atoms with Crippen molar-refractivity contribution in [1.82, 2.24) is 0 Å². The van der Waals surface area contributed by atoms with Crippen LogP contribution in [0.2, 0.25) is 0 Å². The summed E-state index contributed by atoms with van der Waals surface area (Å²) in [6, 6.07) is 0. The molecule has 0 bridgehead atoms. The molecule has 0 aliphatic rings. The molecule has 0 saturated heterocycles. The summed E-state index contributed by atoms with van der Waals surface area (Å²) >= 11 is 0. The predicted octanol–water partition coefficient (Wildman–Crippen LogP) is 6.35. The molecule has 33 heavy (non-hydrogen) atoms. The maximum Gasteiger partial charge on any atom is 0.385 e. The molecule has 0 rings (SSSR count). The Morgan fingerprint density at radius 2 is 0.667 bits per heavy atom. The second-order valence-electron chi connectivity index (χ2n) is 6.12. The van der Waals surface area contributed by atoms with E-state index in [2.05, 4.69) is 0 Å². The first-order chi connectivity index (χ1) is 14.0. The van der Waals surface area contributed by atoms with Gasteiger partial charge in [-0.25, -0.2) is 8.78 Å². The fourth-order valence-electron chi connectivity index (χ4n) is 1.86. The summed E-state index contributed by atoms with van der Waals surface area (Å²) in [5.41, 5.74) is 0. The molecule has 0 heterocycles. The number of aliphatic hydroxyl groups excluding tert-OH is 1. The topological polar surface area (TPSA) is 20.2 Å². The van der Waals surface area contributed by atoms with E-state index in [9.17, 15) is 87.8 Å². The lowest BCUT2D eigenvalue weighted by atomic mass is 9.86. The lowest BCUT2D eigenvalue weighted by molar-refractivity contribution is -0.465. The fourth-order valence-corrected chi connectivity index (χ4v) is 1.86. The minimum absolute atomic E-state index is 2.27. The van der Waals surface area contributed by atoms with E-state index in [1.165, 1.54) is 0 Å². The summed E-state index contributed by atoms with van der Waals surface area (Å²) < 4.78 is 260. The molecule has 0 aromatic carbocycles. The van der Waals surface area contributed by atoms with Gasteiger partial charge in [0.2, 0.25) is 0 Å². The number of aliphatic hydroxyl groups is 1. The third-order valence-electron chi connectivity index (χ3n) is 3.94. The molecular weight excluding hydrogens is 540 g/mol. The van der Waals surface area contributed by atoms with E-state index in [1.54, 1.807) is 0 Å². The van der Waals surface area contributed by atoms with Gasteiger partial charge in [0.15, 0.2) is 0 Å². The molecule has 0 aromatic rings. The van der Waals surface area contributed by atoms with Crippen LogP contribution < -0.4 is 0 Å². The lowest BCUT2D eigenvalue weighted by Crippen LogP contribution is -2.76. The Balaban J connectivity index is 6.93. The number of halogens is 20. The average molecular weight is 546 g/mol. The summed E-state index contributed by atoms with van der Waals surface area (Å²) in [4.78, 5) is 0. The van der Waals surface area contributed by atoms with E-state index >= 15 is 0 Å². The van der Waals surface area contributed by atoms with Gasteiger partial charge in [-0.15, -0.1) is 0 Å². The zero-order valence-corrected chi connectivity index (χ0v) is 14.5. The molecular formula is C12H6F20O. The van der Waals surface area contributed by atoms with Crippen molar-refractivity contribution in [1.29, 1.82) is 0 Å². The lowest BCUT2D eigenvalue weighted by Gasteiger charge is -2.44. The van der Waals surface area contributed by atoms with Gasteiger partial charge in [-0.05, 0) is 0 Å². The van der Waals surface area contributed by atoms with E-state index in [-0.39, 0.29) is 0 Å². The molecule has 1 N–H and O–H groups in total. The molecule has 0 aromatic heterocycles. The van der Waals surface area contributed by atoms with Gasteiger partial charge in [0.1, 0.15) is 0 Å². The van der Waals surface area contributed by atoms with Crippen LogP contribution in [0, 0.1) is 0 Å². The Morgan fingerprint density at radius 3 is 0.909 bits per heavy atom. The standard InChI is InChI=1S/C12H6F20O/c13-3(14)5(17,18)7(21,22)9(25,26)11(29,30)12(31,32)10(27,28)8(23,24)6(19,20)4(15,16)1-2-33/h3,33H,1-2H2. The largest absolute Gasteiger partial charge is 0.396 e. The van der Waals surface area contributed by atoms with Crippen LogP contribution in [0.15, 0.2) is 0 Å². The molecule has 0 amide bonds. The summed E-state index contributed by atoms with van der Waals surface area (Å²) in [5.74, 6) is -75.0. The average Bonchev–Trinajstić information content (AvgIpc) is 2.59. The molecule has 0 spiro atoms. The van der Waals surface area contributed by atoms with Crippen LogP contribution in [-0.2, 0) is 0 Å². The quantitative estimate of drug-likeness (QED) is 0.300. The van der Waals surface area contributed by atoms with Crippen LogP contribution in [0.3, 0.4) is 0 Å². The van der Waals surface area contributed by atoms with Crippen LogP contribution in [0.4, 0.5) is 87.8 Å². The molecule has 21 heteroatoms. The van der Waals surface area contributed by atoms with Crippen molar-refractivity contribution in [3.63, 3.8) is 0 Å². The van der Waals surface area contributed by atoms with Crippen LogP contribution >= 0.6 is 0 Å². The number of hydrogen-bond acceptors (Lipinski definition) is 1. The SMILES string of the molecule is OCCC(F)(F)C(F)(F)C(F)(F)C(F)(F)C(F)(F)C(F)(F)C(F)(F)C(F)(F)C(F)(F)C(F)F. The Kier molecular flexibility index (Phi) is 7.71. The Morgan fingerprint density at radius 1 is 0.424 bits per heavy atom. The molecule has 1 nitrogen and oxygen atoms in total. The van der Waals surface area contributed by atoms with Crippen molar-refractivity contribution >= 4 is 0 Å². The van der Waals surface area contributed by atoms with Crippen LogP contribution in [-0.4, -0.2) is 71.4 Å². The Bertz CT molecular complexity index is 693. The van der Waals surface area contributed by atoms with Gasteiger partial charge in [0, 0.05) is 13.0 Å². The Hall–Kier alpha value is -1.44. The van der Waals surface area contributed by atoms with E-state index in [0.29, 0.717) is 0 Å². The van der Waals surface area contributed by atoms with Crippen molar-refractivity contribution in [3.05, 3.63) is 0 Å². The highest BCUT2D eigenvalue weighted by Gasteiger charge is 2.96. The highest BCUT2D eigenvalue weighted by atomic mass is 19.4. The first-order valence-corrected chi connectivity index (χ1v) is 7.30. The number of rotatable bonds is 11. The summed E-state index contributed by atoms with van der Waals surface area (Å²) in [7, 11) is 0. The molecule has 0 aliphatic carbocycles. The first kappa shape index (κ1) is 31.6. The van der Waals surface area contributed by atoms with Gasteiger partial charge in [-0.1, -0.05) is 0 Å². The second-order valence-corrected chi connectivity index (χ2v) is 6.12. The summed E-state index contributed by atoms with van der Waals surface area (Å²) in [5, 5.41) is 8.01. The van der Waals surface area contributed by atoms with Crippen molar-refractivity contribution < 1.29 is 92.9 Å². The zero-order chi connectivity index (χ0) is 27.5. The van der Waals surface area contributed by atoms with Gasteiger partial charge >= 0.3 is 59.7 Å². The predicted molar refractivity (Wildman–Crippen MR) is 62.2 cm³/mol. The van der Waals surface area contributed by atoms with Crippen LogP contribution in [0.5, 0.6) is 0 Å². The van der Waals surface area contributed by atoms with Crippen molar-refractivity contribution in [2.75, 3.05) is 6.61 Å². The maximum absolute atomic E-state index is 13.3. The molecule has 0 radical (unpaired) electrons. The number of hydrogen-bond donors (Lipinski definition) is 1. The van der Waals surface area contributed by atoms with Gasteiger partial charge in [0.05, 0.1) is 0 Å². The highest BCUT2D eigenvalue weighted by Crippen LogP contribution is 2.65. The highest BCUT2D eigenvalue weighted by molar-refractivity contribution is 5.17. The van der Waals surface area contributed by atoms with Crippen molar-refractivity contribution in [2.24, 2.45) is 0 Å². The maximum atomic E-state index is 13.3. The van der Waals surface area contributed by atoms with E-state index in [0.717, 1.165) is 0 Å². The third-order valence-corrected chi connectivity index (χ3v) is 3.94. The second kappa shape index (κ2) is 8.06. The van der Waals surface area contributed by atoms with Crippen LogP contribution in [0.25, 0.3) is 0 Å².